The van der Waals surface area contributed by atoms with Gasteiger partial charge in [-0.15, -0.1) is 0 Å². The summed E-state index contributed by atoms with van der Waals surface area (Å²) < 4.78 is 24.4. The zero-order chi connectivity index (χ0) is 13.5. The molecule has 0 saturated carbocycles. The molecule has 1 atom stereocenters. The molecule has 1 fully saturated rings. The molecule has 2 aliphatic rings. The predicted octanol–water partition coefficient (Wildman–Crippen LogP) is 4.38. The van der Waals surface area contributed by atoms with Crippen LogP contribution in [0.5, 0.6) is 0 Å². The Morgan fingerprint density at radius 1 is 1.32 bits per heavy atom. The van der Waals surface area contributed by atoms with E-state index in [1.807, 2.05) is 0 Å². The Hall–Kier alpha value is -0.670. The maximum absolute atomic E-state index is 12.9. The first-order chi connectivity index (χ1) is 9.28. The lowest BCUT2D eigenvalue weighted by molar-refractivity contribution is -0.196. The van der Waals surface area contributed by atoms with E-state index < -0.39 is 0 Å². The minimum atomic E-state index is -0.0537. The van der Waals surface area contributed by atoms with E-state index in [4.69, 9.17) is 9.47 Å². The van der Waals surface area contributed by atoms with Crippen LogP contribution in [0.15, 0.2) is 24.1 Å². The summed E-state index contributed by atoms with van der Waals surface area (Å²) in [5.41, 5.74) is 0. The van der Waals surface area contributed by atoms with Crippen molar-refractivity contribution in [3.63, 3.8) is 0 Å². The van der Waals surface area contributed by atoms with E-state index in [9.17, 15) is 4.39 Å². The highest BCUT2D eigenvalue weighted by molar-refractivity contribution is 4.97. The van der Waals surface area contributed by atoms with E-state index in [1.54, 1.807) is 6.08 Å². The fourth-order valence-electron chi connectivity index (χ4n) is 2.65. The van der Waals surface area contributed by atoms with Crippen molar-refractivity contribution in [2.75, 3.05) is 13.2 Å². The van der Waals surface area contributed by atoms with Crippen molar-refractivity contribution >= 4 is 0 Å². The molecular formula is C16H25FO2. The van der Waals surface area contributed by atoms with Crippen molar-refractivity contribution in [1.82, 2.24) is 0 Å². The normalized spacial score (nSPS) is 32.5. The average molecular weight is 268 g/mol. The third-order valence-electron chi connectivity index (χ3n) is 3.91. The molecule has 0 bridgehead atoms. The molecule has 1 heterocycles. The van der Waals surface area contributed by atoms with Crippen molar-refractivity contribution in [3.8, 4) is 0 Å². The highest BCUT2D eigenvalue weighted by Crippen LogP contribution is 2.29. The zero-order valence-corrected chi connectivity index (χ0v) is 11.8. The van der Waals surface area contributed by atoms with Gasteiger partial charge in [-0.3, -0.25) is 0 Å². The molecule has 3 heteroatoms. The molecule has 1 saturated heterocycles. The van der Waals surface area contributed by atoms with E-state index in [2.05, 4.69) is 19.1 Å². The van der Waals surface area contributed by atoms with Crippen molar-refractivity contribution in [3.05, 3.63) is 24.1 Å². The monoisotopic (exact) mass is 268 g/mol. The number of hydrogen-bond donors (Lipinski definition) is 0. The lowest BCUT2D eigenvalue weighted by Crippen LogP contribution is -2.31. The van der Waals surface area contributed by atoms with Crippen LogP contribution in [-0.4, -0.2) is 19.5 Å². The molecule has 2 rings (SSSR count). The molecule has 0 radical (unpaired) electrons. The van der Waals surface area contributed by atoms with E-state index in [-0.39, 0.29) is 12.1 Å². The van der Waals surface area contributed by atoms with Crippen molar-refractivity contribution in [2.45, 2.75) is 51.7 Å². The first kappa shape index (κ1) is 14.7. The molecule has 1 unspecified atom stereocenters. The van der Waals surface area contributed by atoms with Crippen LogP contribution in [0.3, 0.4) is 0 Å². The standard InChI is InChI=1S/C16H25FO2/c1-2-3-4-14-11-18-16(19-12-14)10-7-13-5-8-15(17)9-6-13/h3-4,8,13-14,16H,2,5-7,9-12H2,1H3/b4-3+. The van der Waals surface area contributed by atoms with Crippen LogP contribution in [-0.2, 0) is 9.47 Å². The summed E-state index contributed by atoms with van der Waals surface area (Å²) in [4.78, 5) is 0. The maximum atomic E-state index is 12.9. The second kappa shape index (κ2) is 7.81. The highest BCUT2D eigenvalue weighted by Gasteiger charge is 2.22. The molecule has 0 amide bonds. The van der Waals surface area contributed by atoms with Crippen LogP contribution >= 0.6 is 0 Å². The number of hydrogen-bond acceptors (Lipinski definition) is 2. The molecule has 0 N–H and O–H groups in total. The third kappa shape index (κ3) is 5.07. The fraction of sp³-hybridized carbons (Fsp3) is 0.750. The van der Waals surface area contributed by atoms with Crippen LogP contribution in [0.1, 0.15) is 45.4 Å². The molecule has 19 heavy (non-hydrogen) atoms. The number of allylic oxidation sites excluding steroid dienone is 3. The van der Waals surface area contributed by atoms with Gasteiger partial charge in [-0.2, -0.15) is 0 Å². The lowest BCUT2D eigenvalue weighted by atomic mass is 9.89. The molecular weight excluding hydrogens is 243 g/mol. The minimum Gasteiger partial charge on any atom is -0.352 e. The number of halogens is 1. The van der Waals surface area contributed by atoms with Gasteiger partial charge < -0.3 is 9.47 Å². The molecule has 0 aromatic heterocycles. The van der Waals surface area contributed by atoms with Gasteiger partial charge in [-0.05, 0) is 44.4 Å². The lowest BCUT2D eigenvalue weighted by Gasteiger charge is -2.29. The van der Waals surface area contributed by atoms with Crippen molar-refractivity contribution in [1.29, 1.82) is 0 Å². The van der Waals surface area contributed by atoms with Crippen molar-refractivity contribution < 1.29 is 13.9 Å². The molecule has 0 aromatic carbocycles. The molecule has 0 spiro atoms. The summed E-state index contributed by atoms with van der Waals surface area (Å²) in [6, 6.07) is 0. The van der Waals surface area contributed by atoms with Crippen LogP contribution < -0.4 is 0 Å². The Morgan fingerprint density at radius 3 is 2.74 bits per heavy atom. The van der Waals surface area contributed by atoms with Gasteiger partial charge in [0.2, 0.25) is 0 Å². The first-order valence-electron chi connectivity index (χ1n) is 7.52. The number of rotatable bonds is 5. The van der Waals surface area contributed by atoms with Gasteiger partial charge in [-0.25, -0.2) is 4.39 Å². The molecule has 108 valence electrons. The molecule has 1 aliphatic carbocycles. The van der Waals surface area contributed by atoms with Crippen LogP contribution in [0, 0.1) is 11.8 Å². The second-order valence-corrected chi connectivity index (χ2v) is 5.56. The smallest absolute Gasteiger partial charge is 0.157 e. The maximum Gasteiger partial charge on any atom is 0.157 e. The average Bonchev–Trinajstić information content (AvgIpc) is 2.46. The largest absolute Gasteiger partial charge is 0.352 e. The fourth-order valence-corrected chi connectivity index (χ4v) is 2.65. The van der Waals surface area contributed by atoms with E-state index in [1.165, 1.54) is 0 Å². The van der Waals surface area contributed by atoms with Crippen LogP contribution in [0.4, 0.5) is 4.39 Å². The summed E-state index contributed by atoms with van der Waals surface area (Å²) in [7, 11) is 0. The van der Waals surface area contributed by atoms with E-state index >= 15 is 0 Å². The molecule has 1 aliphatic heterocycles. The van der Waals surface area contributed by atoms with Crippen molar-refractivity contribution in [2.24, 2.45) is 11.8 Å². The predicted molar refractivity (Wildman–Crippen MR) is 74.4 cm³/mol. The zero-order valence-electron chi connectivity index (χ0n) is 11.8. The Bertz CT molecular complexity index is 317. The minimum absolute atomic E-state index is 0.0537. The molecule has 0 aromatic rings. The Labute approximate surface area is 115 Å². The Morgan fingerprint density at radius 2 is 2.11 bits per heavy atom. The summed E-state index contributed by atoms with van der Waals surface area (Å²) in [5, 5.41) is 0. The van der Waals surface area contributed by atoms with Gasteiger partial charge in [0, 0.05) is 5.92 Å². The van der Waals surface area contributed by atoms with Gasteiger partial charge in [0.15, 0.2) is 6.29 Å². The third-order valence-corrected chi connectivity index (χ3v) is 3.91. The first-order valence-corrected chi connectivity index (χ1v) is 7.52. The summed E-state index contributed by atoms with van der Waals surface area (Å²) >= 11 is 0. The Balaban J connectivity index is 1.62. The van der Waals surface area contributed by atoms with Gasteiger partial charge >= 0.3 is 0 Å². The van der Waals surface area contributed by atoms with Gasteiger partial charge in [0.25, 0.3) is 0 Å². The second-order valence-electron chi connectivity index (χ2n) is 5.56. The summed E-state index contributed by atoms with van der Waals surface area (Å²) in [5.74, 6) is 1.07. The number of ether oxygens (including phenoxy) is 2. The highest BCUT2D eigenvalue weighted by atomic mass is 19.1. The van der Waals surface area contributed by atoms with Gasteiger partial charge in [0.05, 0.1) is 19.0 Å². The van der Waals surface area contributed by atoms with E-state index in [0.29, 0.717) is 18.3 Å². The summed E-state index contributed by atoms with van der Waals surface area (Å²) in [6.45, 7) is 3.66. The van der Waals surface area contributed by atoms with E-state index in [0.717, 1.165) is 45.3 Å². The van der Waals surface area contributed by atoms with Crippen LogP contribution in [0.2, 0.25) is 0 Å². The van der Waals surface area contributed by atoms with Crippen LogP contribution in [0.25, 0.3) is 0 Å². The molecule has 2 nitrogen and oxygen atoms in total. The topological polar surface area (TPSA) is 18.5 Å². The van der Waals surface area contributed by atoms with Gasteiger partial charge in [-0.1, -0.05) is 25.2 Å². The quantitative estimate of drug-likeness (QED) is 0.689. The SMILES string of the molecule is CC/C=C/C1COC(CCC2CC=C(F)CC2)OC1. The summed E-state index contributed by atoms with van der Waals surface area (Å²) in [6.07, 6.45) is 11.6. The van der Waals surface area contributed by atoms with Gasteiger partial charge in [0.1, 0.15) is 0 Å². The Kier molecular flexibility index (Phi) is 6.05.